The lowest BCUT2D eigenvalue weighted by molar-refractivity contribution is 0.415. The number of halogens is 2. The lowest BCUT2D eigenvalue weighted by atomic mass is 10.0. The average Bonchev–Trinajstić information content (AvgIpc) is 3.21. The standard InChI is InChI=1S/C25H21FN2O2.C20H19ClN2O2/c1-17-23(19-11-13-20(26)14-12-19)25(30)28(16-15-18-7-3-2-4-8-18)24(27-17)21-9-5-6-10-22(21)29;1-14-18(21)20(24)23(13-12-15-8-4-3-5-9-15)19(22-14)16-10-6-7-11-17(16)25-2/h2-14,29H,15-16H2,1H3;3-11H,12-13H2,1-2H3. The maximum atomic E-state index is 13.5. The van der Waals surface area contributed by atoms with Gasteiger partial charge in [0.2, 0.25) is 0 Å². The van der Waals surface area contributed by atoms with Crippen LogP contribution in [0.3, 0.4) is 0 Å². The highest BCUT2D eigenvalue weighted by molar-refractivity contribution is 6.31. The van der Waals surface area contributed by atoms with Crippen LogP contribution < -0.4 is 15.9 Å². The van der Waals surface area contributed by atoms with Crippen LogP contribution in [-0.4, -0.2) is 31.3 Å². The quantitative estimate of drug-likeness (QED) is 0.150. The minimum atomic E-state index is -0.361. The third kappa shape index (κ3) is 8.91. The Morgan fingerprint density at radius 2 is 1.13 bits per heavy atom. The van der Waals surface area contributed by atoms with Gasteiger partial charge in [0.25, 0.3) is 11.1 Å². The van der Waals surface area contributed by atoms with Crippen LogP contribution in [0.5, 0.6) is 11.5 Å². The molecule has 0 saturated heterocycles. The zero-order valence-corrected chi connectivity index (χ0v) is 31.5. The molecule has 0 aliphatic rings. The van der Waals surface area contributed by atoms with E-state index in [9.17, 15) is 19.1 Å². The Hall–Kier alpha value is -6.32. The van der Waals surface area contributed by atoms with Gasteiger partial charge in [-0.15, -0.1) is 0 Å². The molecule has 8 nitrogen and oxygen atoms in total. The smallest absolute Gasteiger partial charge is 0.272 e. The van der Waals surface area contributed by atoms with Crippen LogP contribution in [0.25, 0.3) is 33.9 Å². The predicted octanol–water partition coefficient (Wildman–Crippen LogP) is 9.10. The zero-order valence-electron chi connectivity index (χ0n) is 30.7. The fourth-order valence-corrected chi connectivity index (χ4v) is 6.48. The summed E-state index contributed by atoms with van der Waals surface area (Å²) in [7, 11) is 1.61. The van der Waals surface area contributed by atoms with Crippen LogP contribution >= 0.6 is 11.6 Å². The molecule has 0 amide bonds. The van der Waals surface area contributed by atoms with Gasteiger partial charge in [0.1, 0.15) is 34.0 Å². The van der Waals surface area contributed by atoms with Gasteiger partial charge in [-0.05, 0) is 79.8 Å². The summed E-state index contributed by atoms with van der Waals surface area (Å²) in [5, 5.41) is 10.5. The number of methoxy groups -OCH3 is 1. The first-order valence-corrected chi connectivity index (χ1v) is 18.2. The molecule has 2 aromatic heterocycles. The van der Waals surface area contributed by atoms with E-state index >= 15 is 0 Å². The highest BCUT2D eigenvalue weighted by Gasteiger charge is 2.20. The third-order valence-corrected chi connectivity index (χ3v) is 9.62. The fourth-order valence-electron chi connectivity index (χ4n) is 6.34. The number of aromatic nitrogens is 4. The summed E-state index contributed by atoms with van der Waals surface area (Å²) in [6.45, 7) is 4.38. The van der Waals surface area contributed by atoms with E-state index in [0.717, 1.165) is 16.7 Å². The number of aryl methyl sites for hydroxylation is 4. The van der Waals surface area contributed by atoms with Crippen LogP contribution in [0.4, 0.5) is 4.39 Å². The van der Waals surface area contributed by atoms with Gasteiger partial charge < -0.3 is 9.84 Å². The maximum Gasteiger partial charge on any atom is 0.272 e. The van der Waals surface area contributed by atoms with Crippen molar-refractivity contribution in [2.45, 2.75) is 39.8 Å². The summed E-state index contributed by atoms with van der Waals surface area (Å²) in [4.78, 5) is 35.6. The molecular weight excluding hydrogens is 715 g/mol. The molecule has 10 heteroatoms. The molecule has 0 radical (unpaired) electrons. The number of phenols is 1. The second kappa shape index (κ2) is 17.7. The van der Waals surface area contributed by atoms with Crippen molar-refractivity contribution in [2.75, 3.05) is 7.11 Å². The van der Waals surface area contributed by atoms with E-state index in [-0.39, 0.29) is 27.7 Å². The van der Waals surface area contributed by atoms with E-state index < -0.39 is 0 Å². The first kappa shape index (κ1) is 38.4. The van der Waals surface area contributed by atoms with Gasteiger partial charge >= 0.3 is 0 Å². The molecule has 55 heavy (non-hydrogen) atoms. The van der Waals surface area contributed by atoms with Crippen molar-refractivity contribution < 1.29 is 14.2 Å². The van der Waals surface area contributed by atoms with E-state index in [0.29, 0.717) is 71.4 Å². The van der Waals surface area contributed by atoms with Crippen molar-refractivity contribution in [2.24, 2.45) is 0 Å². The summed E-state index contributed by atoms with van der Waals surface area (Å²) in [5.74, 6) is 1.36. The molecule has 0 spiro atoms. The van der Waals surface area contributed by atoms with Gasteiger partial charge in [-0.3, -0.25) is 18.7 Å². The molecule has 0 aliphatic carbocycles. The Morgan fingerprint density at radius 1 is 0.636 bits per heavy atom. The monoisotopic (exact) mass is 754 g/mol. The molecule has 0 fully saturated rings. The van der Waals surface area contributed by atoms with Crippen LogP contribution in [0.2, 0.25) is 5.02 Å². The SMILES string of the molecule is COc1ccccc1-c1nc(C)c(Cl)c(=O)n1CCc1ccccc1.Cc1nc(-c2ccccc2O)n(CCc2ccccc2)c(=O)c1-c1ccc(F)cc1. The van der Waals surface area contributed by atoms with Gasteiger partial charge in [-0.1, -0.05) is 109 Å². The summed E-state index contributed by atoms with van der Waals surface area (Å²) in [6.07, 6.45) is 1.35. The van der Waals surface area contributed by atoms with E-state index in [2.05, 4.69) is 9.97 Å². The van der Waals surface area contributed by atoms with Crippen LogP contribution in [0.1, 0.15) is 22.5 Å². The van der Waals surface area contributed by atoms with Crippen molar-refractivity contribution in [3.8, 4) is 45.4 Å². The Labute approximate surface area is 323 Å². The molecule has 2 heterocycles. The number of hydrogen-bond donors (Lipinski definition) is 1. The Bertz CT molecular complexity index is 2520. The first-order chi connectivity index (χ1) is 26.7. The minimum absolute atomic E-state index is 0.0618. The molecule has 7 rings (SSSR count). The number of ether oxygens (including phenoxy) is 1. The molecule has 7 aromatic rings. The maximum absolute atomic E-state index is 13.5. The van der Waals surface area contributed by atoms with Crippen molar-refractivity contribution in [1.82, 2.24) is 19.1 Å². The normalized spacial score (nSPS) is 10.8. The van der Waals surface area contributed by atoms with Crippen LogP contribution in [-0.2, 0) is 25.9 Å². The van der Waals surface area contributed by atoms with Crippen molar-refractivity contribution in [3.63, 3.8) is 0 Å². The summed E-state index contributed by atoms with van der Waals surface area (Å²) >= 11 is 6.17. The fraction of sp³-hybridized carbons (Fsp3) is 0.156. The molecule has 0 bridgehead atoms. The largest absolute Gasteiger partial charge is 0.507 e. The van der Waals surface area contributed by atoms with Crippen molar-refractivity contribution >= 4 is 11.6 Å². The minimum Gasteiger partial charge on any atom is -0.507 e. The van der Waals surface area contributed by atoms with E-state index in [4.69, 9.17) is 16.3 Å². The Balaban J connectivity index is 0.000000190. The molecule has 1 N–H and O–H groups in total. The van der Waals surface area contributed by atoms with Gasteiger partial charge in [0, 0.05) is 13.1 Å². The number of nitrogens with zero attached hydrogens (tertiary/aromatic N) is 4. The number of aromatic hydroxyl groups is 1. The van der Waals surface area contributed by atoms with Gasteiger partial charge in [-0.25, -0.2) is 14.4 Å². The van der Waals surface area contributed by atoms with Gasteiger partial charge in [0.05, 0.1) is 35.2 Å². The number of rotatable bonds is 10. The Morgan fingerprint density at radius 3 is 1.71 bits per heavy atom. The number of benzene rings is 5. The van der Waals surface area contributed by atoms with Crippen molar-refractivity contribution in [1.29, 1.82) is 0 Å². The van der Waals surface area contributed by atoms with Crippen LogP contribution in [0, 0.1) is 19.7 Å². The Kier molecular flexibility index (Phi) is 12.3. The zero-order chi connectivity index (χ0) is 38.9. The molecule has 5 aromatic carbocycles. The second-order valence-electron chi connectivity index (χ2n) is 12.8. The lowest BCUT2D eigenvalue weighted by Crippen LogP contribution is -2.27. The lowest BCUT2D eigenvalue weighted by Gasteiger charge is -2.17. The van der Waals surface area contributed by atoms with E-state index in [1.807, 2.05) is 84.9 Å². The van der Waals surface area contributed by atoms with Gasteiger partial charge in [-0.2, -0.15) is 0 Å². The highest BCUT2D eigenvalue weighted by atomic mass is 35.5. The number of phenolic OH excluding ortho intramolecular Hbond substituents is 1. The summed E-state index contributed by atoms with van der Waals surface area (Å²) in [6, 6.07) is 40.1. The van der Waals surface area contributed by atoms with Gasteiger partial charge in [0.15, 0.2) is 0 Å². The first-order valence-electron chi connectivity index (χ1n) is 17.8. The topological polar surface area (TPSA) is 99.2 Å². The summed E-state index contributed by atoms with van der Waals surface area (Å²) in [5.41, 5.74) is 5.16. The second-order valence-corrected chi connectivity index (χ2v) is 13.2. The average molecular weight is 755 g/mol. The molecule has 0 aliphatic heterocycles. The number of para-hydroxylation sites is 2. The van der Waals surface area contributed by atoms with E-state index in [1.165, 1.54) is 12.1 Å². The molecule has 0 atom stereocenters. The molecular formula is C45H40ClFN4O4. The number of hydrogen-bond acceptors (Lipinski definition) is 6. The predicted molar refractivity (Wildman–Crippen MR) is 216 cm³/mol. The highest BCUT2D eigenvalue weighted by Crippen LogP contribution is 2.30. The summed E-state index contributed by atoms with van der Waals surface area (Å²) < 4.78 is 22.0. The molecule has 0 unspecified atom stereocenters. The van der Waals surface area contributed by atoms with E-state index in [1.54, 1.807) is 66.5 Å². The van der Waals surface area contributed by atoms with Crippen molar-refractivity contribution in [3.05, 3.63) is 188 Å². The molecule has 278 valence electrons. The van der Waals surface area contributed by atoms with Crippen LogP contribution in [0.15, 0.2) is 143 Å². The molecule has 0 saturated carbocycles. The third-order valence-electron chi connectivity index (χ3n) is 9.19.